The second-order valence-electron chi connectivity index (χ2n) is 5.78. The summed E-state index contributed by atoms with van der Waals surface area (Å²) in [7, 11) is 0. The number of ether oxygens (including phenoxy) is 1. The van der Waals surface area contributed by atoms with Crippen LogP contribution in [-0.4, -0.2) is 21.2 Å². The normalized spacial score (nSPS) is 19.7. The maximum Gasteiger partial charge on any atom is 0.280 e. The highest BCUT2D eigenvalue weighted by Gasteiger charge is 2.32. The lowest BCUT2D eigenvalue weighted by molar-refractivity contribution is 0.0931. The smallest absolute Gasteiger partial charge is 0.280 e. The molecule has 1 saturated carbocycles. The molecule has 122 valence electrons. The van der Waals surface area contributed by atoms with Crippen molar-refractivity contribution in [2.24, 2.45) is 0 Å². The molecule has 1 N–H and O–H groups in total. The minimum absolute atomic E-state index is 0.135. The van der Waals surface area contributed by atoms with Crippen molar-refractivity contribution in [1.82, 2.24) is 15.1 Å². The molecule has 6 nitrogen and oxygen atoms in total. The molecule has 1 fully saturated rings. The van der Waals surface area contributed by atoms with Crippen molar-refractivity contribution in [3.8, 4) is 17.3 Å². The van der Waals surface area contributed by atoms with Crippen LogP contribution in [0.15, 0.2) is 52.0 Å². The molecule has 0 amide bonds. The van der Waals surface area contributed by atoms with Crippen LogP contribution in [0.4, 0.5) is 0 Å². The van der Waals surface area contributed by atoms with Crippen molar-refractivity contribution < 1.29 is 9.26 Å². The Labute approximate surface area is 142 Å². The van der Waals surface area contributed by atoms with Gasteiger partial charge in [-0.3, -0.25) is 4.79 Å². The fraction of sp³-hybridized carbons (Fsp3) is 0.235. The molecule has 1 aromatic carbocycles. The van der Waals surface area contributed by atoms with Crippen molar-refractivity contribution in [2.75, 3.05) is 0 Å². The van der Waals surface area contributed by atoms with Crippen molar-refractivity contribution in [1.29, 1.82) is 0 Å². The average Bonchev–Trinajstić information content (AvgIpc) is 2.99. The zero-order valence-corrected chi connectivity index (χ0v) is 13.4. The minimum atomic E-state index is -0.310. The second-order valence-corrected chi connectivity index (χ2v) is 6.21. The van der Waals surface area contributed by atoms with E-state index in [-0.39, 0.29) is 11.7 Å². The third-order valence-corrected chi connectivity index (χ3v) is 4.38. The largest absolute Gasteiger partial charge is 0.473 e. The van der Waals surface area contributed by atoms with E-state index in [0.29, 0.717) is 23.3 Å². The quantitative estimate of drug-likeness (QED) is 0.785. The maximum atomic E-state index is 11.1. The monoisotopic (exact) mass is 343 g/mol. The maximum absolute atomic E-state index is 11.1. The van der Waals surface area contributed by atoms with Gasteiger partial charge >= 0.3 is 0 Å². The van der Waals surface area contributed by atoms with Crippen LogP contribution in [0.25, 0.3) is 11.5 Å². The van der Waals surface area contributed by atoms with Gasteiger partial charge in [-0.15, -0.1) is 0 Å². The number of halogens is 1. The van der Waals surface area contributed by atoms with E-state index in [4.69, 9.17) is 20.9 Å². The van der Waals surface area contributed by atoms with Crippen LogP contribution in [-0.2, 0) is 0 Å². The molecule has 7 heteroatoms. The summed E-state index contributed by atoms with van der Waals surface area (Å²) < 4.78 is 10.8. The lowest BCUT2D eigenvalue weighted by Gasteiger charge is -2.35. The first-order valence-electron chi connectivity index (χ1n) is 7.60. The van der Waals surface area contributed by atoms with E-state index in [1.807, 2.05) is 12.1 Å². The van der Waals surface area contributed by atoms with E-state index >= 15 is 0 Å². The molecule has 1 aliphatic rings. The average molecular weight is 344 g/mol. The summed E-state index contributed by atoms with van der Waals surface area (Å²) in [5.74, 6) is 1.32. The summed E-state index contributed by atoms with van der Waals surface area (Å²) in [6.45, 7) is 0. The Morgan fingerprint density at radius 3 is 2.58 bits per heavy atom. The van der Waals surface area contributed by atoms with Gasteiger partial charge in [0, 0.05) is 5.02 Å². The van der Waals surface area contributed by atoms with Crippen LogP contribution >= 0.6 is 11.6 Å². The van der Waals surface area contributed by atoms with Crippen molar-refractivity contribution in [3.63, 3.8) is 0 Å². The Hall–Kier alpha value is -2.60. The Balaban J connectivity index is 1.35. The van der Waals surface area contributed by atoms with Crippen molar-refractivity contribution in [3.05, 3.63) is 63.7 Å². The molecule has 0 unspecified atom stereocenters. The van der Waals surface area contributed by atoms with Crippen LogP contribution < -0.4 is 10.3 Å². The van der Waals surface area contributed by atoms with Crippen LogP contribution in [0.2, 0.25) is 5.02 Å². The zero-order valence-electron chi connectivity index (χ0n) is 12.6. The summed E-state index contributed by atoms with van der Waals surface area (Å²) in [6.07, 6.45) is 5.08. The summed E-state index contributed by atoms with van der Waals surface area (Å²) in [6, 6.07) is 9.27. The third-order valence-electron chi connectivity index (χ3n) is 4.13. The lowest BCUT2D eigenvalue weighted by atomic mass is 9.77. The van der Waals surface area contributed by atoms with Gasteiger partial charge in [-0.25, -0.2) is 9.97 Å². The molecule has 0 aliphatic heterocycles. The van der Waals surface area contributed by atoms with Crippen LogP contribution in [0.5, 0.6) is 5.88 Å². The number of nitrogens with one attached hydrogen (secondary N) is 1. The van der Waals surface area contributed by atoms with Gasteiger partial charge in [-0.05, 0) is 36.5 Å². The van der Waals surface area contributed by atoms with Gasteiger partial charge in [0.1, 0.15) is 11.8 Å². The van der Waals surface area contributed by atoms with E-state index in [1.165, 1.54) is 24.0 Å². The topological polar surface area (TPSA) is 81.0 Å². The predicted molar refractivity (Wildman–Crippen MR) is 88.2 cm³/mol. The molecule has 0 saturated heterocycles. The predicted octanol–water partition coefficient (Wildman–Crippen LogP) is 3.40. The van der Waals surface area contributed by atoms with Gasteiger partial charge in [0.2, 0.25) is 5.88 Å². The van der Waals surface area contributed by atoms with Gasteiger partial charge in [0.15, 0.2) is 5.76 Å². The number of aromatic nitrogens is 3. The third kappa shape index (κ3) is 3.05. The van der Waals surface area contributed by atoms with Crippen molar-refractivity contribution >= 4 is 11.6 Å². The number of H-pyrrole nitrogens is 1. The molecule has 0 bridgehead atoms. The first-order chi connectivity index (χ1) is 11.7. The number of rotatable bonds is 4. The first-order valence-corrected chi connectivity index (χ1v) is 7.98. The highest BCUT2D eigenvalue weighted by Crippen LogP contribution is 2.39. The lowest BCUT2D eigenvalue weighted by Crippen LogP contribution is -2.32. The summed E-state index contributed by atoms with van der Waals surface area (Å²) in [5, 5.41) is 2.97. The van der Waals surface area contributed by atoms with Gasteiger partial charge in [-0.2, -0.15) is 5.16 Å². The Bertz CT molecular complexity index is 880. The summed E-state index contributed by atoms with van der Waals surface area (Å²) in [5.41, 5.74) is 1.45. The Morgan fingerprint density at radius 2 is 1.96 bits per heavy atom. The number of benzene rings is 1. The molecule has 2 heterocycles. The molecule has 24 heavy (non-hydrogen) atoms. The van der Waals surface area contributed by atoms with Crippen LogP contribution in [0.1, 0.15) is 24.3 Å². The Morgan fingerprint density at radius 1 is 1.17 bits per heavy atom. The first kappa shape index (κ1) is 15.0. The minimum Gasteiger partial charge on any atom is -0.473 e. The zero-order chi connectivity index (χ0) is 16.5. The van der Waals surface area contributed by atoms with Crippen molar-refractivity contribution in [2.45, 2.75) is 24.9 Å². The standard InChI is InChI=1S/C17H14ClN3O3/c18-12-3-1-10(2-4-12)11-5-13(6-11)23-17-9-19-14(8-20-17)15-7-16(22)21-24-15/h1-4,7-9,11,13H,5-6H2,(H,21,22). The SMILES string of the molecule is O=c1cc(-c2cnc(OC3CC(c4ccc(Cl)cc4)C3)cn2)o[nH]1. The Kier molecular flexibility index (Phi) is 3.82. The number of nitrogens with zero attached hydrogens (tertiary/aromatic N) is 2. The number of hydrogen-bond donors (Lipinski definition) is 1. The molecule has 4 rings (SSSR count). The molecule has 0 spiro atoms. The van der Waals surface area contributed by atoms with Gasteiger partial charge in [0.25, 0.3) is 5.56 Å². The van der Waals surface area contributed by atoms with Crippen LogP contribution in [0, 0.1) is 0 Å². The molecular formula is C17H14ClN3O3. The molecule has 3 aromatic rings. The molecular weight excluding hydrogens is 330 g/mol. The van der Waals surface area contributed by atoms with Crippen LogP contribution in [0.3, 0.4) is 0 Å². The fourth-order valence-corrected chi connectivity index (χ4v) is 2.88. The summed E-state index contributed by atoms with van der Waals surface area (Å²) >= 11 is 5.91. The summed E-state index contributed by atoms with van der Waals surface area (Å²) in [4.78, 5) is 19.5. The molecule has 1 aliphatic carbocycles. The molecule has 0 radical (unpaired) electrons. The van der Waals surface area contributed by atoms with E-state index in [0.717, 1.165) is 17.9 Å². The van der Waals surface area contributed by atoms with E-state index in [1.54, 1.807) is 0 Å². The highest BCUT2D eigenvalue weighted by atomic mass is 35.5. The molecule has 0 atom stereocenters. The van der Waals surface area contributed by atoms with Gasteiger partial charge < -0.3 is 9.26 Å². The van der Waals surface area contributed by atoms with E-state index in [9.17, 15) is 4.79 Å². The van der Waals surface area contributed by atoms with Gasteiger partial charge in [-0.1, -0.05) is 23.7 Å². The number of aromatic amines is 1. The highest BCUT2D eigenvalue weighted by molar-refractivity contribution is 6.30. The number of hydrogen-bond acceptors (Lipinski definition) is 5. The molecule has 2 aromatic heterocycles. The van der Waals surface area contributed by atoms with E-state index in [2.05, 4.69) is 27.3 Å². The fourth-order valence-electron chi connectivity index (χ4n) is 2.75. The second kappa shape index (κ2) is 6.13. The van der Waals surface area contributed by atoms with Gasteiger partial charge in [0.05, 0.1) is 18.5 Å². The van der Waals surface area contributed by atoms with E-state index < -0.39 is 0 Å².